The largest absolute Gasteiger partial charge is 0.494 e. The molecule has 4 aromatic carbocycles. The average molecular weight is 1050 g/mol. The van der Waals surface area contributed by atoms with Crippen molar-refractivity contribution in [1.29, 1.82) is 0 Å². The SMILES string of the molecule is COc1cc(N2CCN(C3CCN(CC4CCN(c5ccc6c(c5)C(=O)N(C5CCC(=O)NC5=O)C6=O)CC4)CC3)CC2)c(-c2cnn(C)c2)cc1Nc1ncc(Cl)c(Nc2ccc3ccccc3c2P(C)(C)=O)n1. The van der Waals surface area contributed by atoms with Crippen LogP contribution in [0.4, 0.5) is 34.5 Å². The normalized spacial score (nSPS) is 19.5. The van der Waals surface area contributed by atoms with Gasteiger partial charge in [-0.3, -0.25) is 39.0 Å². The van der Waals surface area contributed by atoms with Crippen LogP contribution in [0.2, 0.25) is 5.02 Å². The van der Waals surface area contributed by atoms with Crippen LogP contribution in [0.1, 0.15) is 59.2 Å². The molecular formula is C55H62ClN12O6P. The predicted octanol–water partition coefficient (Wildman–Crippen LogP) is 7.33. The van der Waals surface area contributed by atoms with Crippen LogP contribution in [0.3, 0.4) is 0 Å². The Balaban J connectivity index is 0.700. The number of nitrogens with zero attached hydrogens (tertiary/aromatic N) is 9. The van der Waals surface area contributed by atoms with E-state index in [2.05, 4.69) is 57.8 Å². The fraction of sp³-hybridized carbons (Fsp3) is 0.400. The van der Waals surface area contributed by atoms with Crippen LogP contribution in [0.25, 0.3) is 21.9 Å². The Hall–Kier alpha value is -6.85. The van der Waals surface area contributed by atoms with Crippen molar-refractivity contribution in [2.24, 2.45) is 13.0 Å². The summed E-state index contributed by atoms with van der Waals surface area (Å²) in [5, 5.41) is 16.5. The van der Waals surface area contributed by atoms with Crippen molar-refractivity contribution in [3.63, 3.8) is 0 Å². The zero-order valence-corrected chi connectivity index (χ0v) is 44.4. The molecule has 0 aliphatic carbocycles. The number of aryl methyl sites for hydroxylation is 1. The molecule has 5 aliphatic heterocycles. The van der Waals surface area contributed by atoms with E-state index in [9.17, 15) is 23.7 Å². The lowest BCUT2D eigenvalue weighted by Crippen LogP contribution is -2.54. The van der Waals surface area contributed by atoms with E-state index >= 15 is 0 Å². The van der Waals surface area contributed by atoms with Gasteiger partial charge in [0.15, 0.2) is 5.82 Å². The molecule has 2 aromatic heterocycles. The first kappa shape index (κ1) is 50.3. The highest BCUT2D eigenvalue weighted by Crippen LogP contribution is 2.44. The molecule has 1 unspecified atom stereocenters. The summed E-state index contributed by atoms with van der Waals surface area (Å²) in [6.07, 6.45) is 10.0. The van der Waals surface area contributed by atoms with E-state index in [-0.39, 0.29) is 18.7 Å². The summed E-state index contributed by atoms with van der Waals surface area (Å²) < 4.78 is 21.5. The Morgan fingerprint density at radius 1 is 0.787 bits per heavy atom. The number of methoxy groups -OCH3 is 1. The van der Waals surface area contributed by atoms with Gasteiger partial charge in [-0.15, -0.1) is 0 Å². The molecule has 75 heavy (non-hydrogen) atoms. The molecule has 4 saturated heterocycles. The lowest BCUT2D eigenvalue weighted by molar-refractivity contribution is -0.136. The third-order valence-corrected chi connectivity index (χ3v) is 17.5. The molecule has 0 radical (unpaired) electrons. The van der Waals surface area contributed by atoms with Gasteiger partial charge in [-0.05, 0) is 106 Å². The monoisotopic (exact) mass is 1050 g/mol. The molecule has 3 N–H and O–H groups in total. The van der Waals surface area contributed by atoms with Crippen LogP contribution in [0, 0.1) is 5.92 Å². The van der Waals surface area contributed by atoms with Gasteiger partial charge in [-0.25, -0.2) is 4.98 Å². The Bertz CT molecular complexity index is 3270. The maximum absolute atomic E-state index is 13.7. The third-order valence-electron chi connectivity index (χ3n) is 15.7. The number of hydrogen-bond acceptors (Lipinski definition) is 15. The van der Waals surface area contributed by atoms with Gasteiger partial charge in [0.1, 0.15) is 24.0 Å². The number of fused-ring (bicyclic) bond motifs is 2. The zero-order valence-electron chi connectivity index (χ0n) is 42.7. The summed E-state index contributed by atoms with van der Waals surface area (Å²) in [7, 11) is 0.845. The number of amides is 4. The van der Waals surface area contributed by atoms with Crippen molar-refractivity contribution >= 4 is 93.0 Å². The molecule has 4 fully saturated rings. The summed E-state index contributed by atoms with van der Waals surface area (Å²) in [6.45, 7) is 12.1. The van der Waals surface area contributed by atoms with E-state index in [0.29, 0.717) is 57.0 Å². The number of likely N-dealkylation sites (tertiary alicyclic amines) is 1. The van der Waals surface area contributed by atoms with Gasteiger partial charge in [-0.1, -0.05) is 41.9 Å². The second-order valence-corrected chi connectivity index (χ2v) is 24.4. The molecule has 7 heterocycles. The van der Waals surface area contributed by atoms with Gasteiger partial charge in [0.2, 0.25) is 17.8 Å². The molecule has 4 amide bonds. The Morgan fingerprint density at radius 2 is 1.55 bits per heavy atom. The van der Waals surface area contributed by atoms with E-state index in [1.54, 1.807) is 38.8 Å². The second-order valence-electron chi connectivity index (χ2n) is 20.8. The molecule has 0 spiro atoms. The van der Waals surface area contributed by atoms with Gasteiger partial charge in [0.25, 0.3) is 11.8 Å². The summed E-state index contributed by atoms with van der Waals surface area (Å²) in [5.74, 6) is -0.0411. The molecular weight excluding hydrogens is 991 g/mol. The van der Waals surface area contributed by atoms with Crippen LogP contribution in [0.15, 0.2) is 85.3 Å². The van der Waals surface area contributed by atoms with E-state index in [1.807, 2.05) is 66.6 Å². The van der Waals surface area contributed by atoms with Gasteiger partial charge >= 0.3 is 0 Å². The highest BCUT2D eigenvalue weighted by atomic mass is 35.5. The number of halogens is 1. The van der Waals surface area contributed by atoms with Crippen molar-refractivity contribution in [2.45, 2.75) is 50.6 Å². The highest BCUT2D eigenvalue weighted by molar-refractivity contribution is 7.71. The standard InChI is InChI=1S/C55H62ClN12O6P/c1-63-33-36(30-58-63)41-28-45(60-55-57-31-43(56)51(62-55)59-44-12-9-35-7-5-6-8-39(35)50(44)75(3,4)73)48(74-2)29-47(41)67-25-23-66(24-26-67)37-17-19-64(20-18-37)32-34-15-21-65(22-16-34)38-10-11-40-42(27-38)54(72)68(53(40)71)46-13-14-49(69)61-52(46)70/h5-12,27-31,33-34,37,46H,13-26,32H2,1-4H3,(H,61,69,70)(H2,57,59,60,62). The van der Waals surface area contributed by atoms with Crippen molar-refractivity contribution < 1.29 is 28.5 Å². The molecule has 18 nitrogen and oxygen atoms in total. The smallest absolute Gasteiger partial charge is 0.262 e. The summed E-state index contributed by atoms with van der Waals surface area (Å²) in [5.41, 5.74) is 5.93. The maximum atomic E-state index is 13.7. The number of aromatic nitrogens is 4. The molecule has 20 heteroatoms. The minimum absolute atomic E-state index is 0.0933. The average Bonchev–Trinajstić information content (AvgIpc) is 3.96. The molecule has 6 aromatic rings. The first-order valence-corrected chi connectivity index (χ1v) is 28.8. The number of imide groups is 2. The van der Waals surface area contributed by atoms with Crippen LogP contribution in [-0.4, -0.2) is 150 Å². The molecule has 11 rings (SSSR count). The topological polar surface area (TPSA) is 190 Å². The highest BCUT2D eigenvalue weighted by Gasteiger charge is 2.45. The quantitative estimate of drug-likeness (QED) is 0.0769. The Morgan fingerprint density at radius 3 is 2.27 bits per heavy atom. The first-order chi connectivity index (χ1) is 36.2. The number of hydrogen-bond donors (Lipinski definition) is 3. The third kappa shape index (κ3) is 10.2. The van der Waals surface area contributed by atoms with E-state index in [1.165, 1.54) is 0 Å². The summed E-state index contributed by atoms with van der Waals surface area (Å²) in [4.78, 5) is 71.4. The number of nitrogens with one attached hydrogen (secondary N) is 3. The number of rotatable bonds is 13. The van der Waals surface area contributed by atoms with Crippen LogP contribution in [-0.2, 0) is 21.2 Å². The second kappa shape index (κ2) is 20.7. The number of piperidine rings is 3. The lowest BCUT2D eigenvalue weighted by atomic mass is 9.93. The van der Waals surface area contributed by atoms with Crippen LogP contribution >= 0.6 is 18.7 Å². The van der Waals surface area contributed by atoms with E-state index < -0.39 is 30.9 Å². The van der Waals surface area contributed by atoms with Gasteiger partial charge in [-0.2, -0.15) is 10.1 Å². The number of anilines is 6. The summed E-state index contributed by atoms with van der Waals surface area (Å²) >= 11 is 6.71. The van der Waals surface area contributed by atoms with E-state index in [0.717, 1.165) is 128 Å². The molecule has 1 atom stereocenters. The number of carbonyl (C=O) groups excluding carboxylic acids is 4. The Labute approximate surface area is 441 Å². The van der Waals surface area contributed by atoms with Gasteiger partial charge in [0, 0.05) is 105 Å². The van der Waals surface area contributed by atoms with Gasteiger partial charge < -0.3 is 34.6 Å². The predicted molar refractivity (Wildman–Crippen MR) is 293 cm³/mol. The molecule has 390 valence electrons. The van der Waals surface area contributed by atoms with Crippen LogP contribution < -0.4 is 35.8 Å². The number of piperazine rings is 1. The van der Waals surface area contributed by atoms with E-state index in [4.69, 9.17) is 21.3 Å². The van der Waals surface area contributed by atoms with Crippen molar-refractivity contribution in [3.8, 4) is 16.9 Å². The van der Waals surface area contributed by atoms with Crippen molar-refractivity contribution in [3.05, 3.63) is 101 Å². The fourth-order valence-electron chi connectivity index (χ4n) is 11.8. The molecule has 0 bridgehead atoms. The minimum Gasteiger partial charge on any atom is -0.494 e. The Kier molecular flexibility index (Phi) is 13.9. The fourth-order valence-corrected chi connectivity index (χ4v) is 13.4. The van der Waals surface area contributed by atoms with Crippen molar-refractivity contribution in [1.82, 2.24) is 39.8 Å². The molecule has 5 aliphatic rings. The number of ether oxygens (including phenoxy) is 1. The number of benzene rings is 4. The maximum Gasteiger partial charge on any atom is 0.262 e. The minimum atomic E-state index is -2.74. The summed E-state index contributed by atoms with van der Waals surface area (Å²) in [6, 6.07) is 21.0. The zero-order chi connectivity index (χ0) is 52.1. The van der Waals surface area contributed by atoms with Gasteiger partial charge in [0.05, 0.1) is 42.0 Å². The van der Waals surface area contributed by atoms with Crippen molar-refractivity contribution in [2.75, 3.05) is 99.8 Å². The first-order valence-electron chi connectivity index (χ1n) is 25.9. The van der Waals surface area contributed by atoms with Crippen LogP contribution in [0.5, 0.6) is 5.75 Å². The number of carbonyl (C=O) groups is 4. The molecule has 0 saturated carbocycles. The lowest BCUT2D eigenvalue weighted by Gasteiger charge is -2.44.